The first kappa shape index (κ1) is 18.3. The Hall–Kier alpha value is -2.12. The molecular weight excluding hydrogens is 342 g/mol. The number of benzene rings is 1. The second kappa shape index (κ2) is 7.13. The van der Waals surface area contributed by atoms with Gasteiger partial charge in [0.2, 0.25) is 5.91 Å². The van der Waals surface area contributed by atoms with Gasteiger partial charge in [0.15, 0.2) is 0 Å². The molecule has 3 saturated heterocycles. The largest absolute Gasteiger partial charge is 0.343 e. The number of hydrogen-bond acceptors (Lipinski definition) is 5. The molecule has 0 radical (unpaired) electrons. The first-order valence-electron chi connectivity index (χ1n) is 9.94. The van der Waals surface area contributed by atoms with Crippen LogP contribution in [0.15, 0.2) is 24.3 Å². The number of amides is 3. The van der Waals surface area contributed by atoms with E-state index in [-0.39, 0.29) is 30.4 Å². The molecule has 0 saturated carbocycles. The number of likely N-dealkylation sites (N-methyl/N-ethyl adjacent to an activating group) is 1. The number of imide groups is 1. The lowest BCUT2D eigenvalue weighted by atomic mass is 10.0. The summed E-state index contributed by atoms with van der Waals surface area (Å²) in [5, 5.41) is 6.00. The Morgan fingerprint density at radius 1 is 1.15 bits per heavy atom. The van der Waals surface area contributed by atoms with E-state index >= 15 is 0 Å². The van der Waals surface area contributed by atoms with Crippen LogP contribution in [0.2, 0.25) is 0 Å². The molecular formula is C20H29N5O2. The minimum absolute atomic E-state index is 0.0863. The van der Waals surface area contributed by atoms with Crippen LogP contribution in [0.5, 0.6) is 0 Å². The van der Waals surface area contributed by atoms with E-state index < -0.39 is 0 Å². The van der Waals surface area contributed by atoms with Crippen LogP contribution in [-0.2, 0) is 11.2 Å². The van der Waals surface area contributed by atoms with Crippen molar-refractivity contribution in [3.8, 4) is 0 Å². The number of urea groups is 1. The monoisotopic (exact) mass is 371 g/mol. The van der Waals surface area contributed by atoms with Crippen LogP contribution in [0.25, 0.3) is 0 Å². The first-order valence-corrected chi connectivity index (χ1v) is 9.94. The third kappa shape index (κ3) is 3.19. The molecule has 3 heterocycles. The van der Waals surface area contributed by atoms with Crippen LogP contribution in [-0.4, -0.2) is 60.4 Å². The Bertz CT molecular complexity index is 722. The molecule has 0 aromatic heterocycles. The molecule has 0 spiro atoms. The summed E-state index contributed by atoms with van der Waals surface area (Å²) in [4.78, 5) is 30.7. The number of rotatable bonds is 4. The van der Waals surface area contributed by atoms with Gasteiger partial charge in [-0.2, -0.15) is 0 Å². The quantitative estimate of drug-likeness (QED) is 0.841. The van der Waals surface area contributed by atoms with Gasteiger partial charge in [-0.1, -0.05) is 32.4 Å². The fourth-order valence-corrected chi connectivity index (χ4v) is 4.50. The SMILES string of the molecule is CCCCc1ccc(N2CC(C)CN3C4C(=O)NC(=O)N(C)C4NC23)cc1. The summed E-state index contributed by atoms with van der Waals surface area (Å²) in [7, 11) is 1.74. The summed E-state index contributed by atoms with van der Waals surface area (Å²) >= 11 is 0. The second-order valence-corrected chi connectivity index (χ2v) is 8.06. The van der Waals surface area contributed by atoms with Gasteiger partial charge in [0.1, 0.15) is 18.5 Å². The van der Waals surface area contributed by atoms with Gasteiger partial charge in [0.05, 0.1) is 0 Å². The average Bonchev–Trinajstić information content (AvgIpc) is 3.04. The third-order valence-electron chi connectivity index (χ3n) is 5.94. The van der Waals surface area contributed by atoms with Crippen LogP contribution < -0.4 is 15.5 Å². The van der Waals surface area contributed by atoms with E-state index in [9.17, 15) is 9.59 Å². The van der Waals surface area contributed by atoms with E-state index in [1.54, 1.807) is 11.9 Å². The van der Waals surface area contributed by atoms with Gasteiger partial charge in [0.25, 0.3) is 0 Å². The number of nitrogens with one attached hydrogen (secondary N) is 2. The molecule has 1 aromatic carbocycles. The zero-order valence-corrected chi connectivity index (χ0v) is 16.3. The Morgan fingerprint density at radius 3 is 2.59 bits per heavy atom. The molecule has 146 valence electrons. The van der Waals surface area contributed by atoms with E-state index in [0.717, 1.165) is 25.2 Å². The van der Waals surface area contributed by atoms with E-state index in [0.29, 0.717) is 5.92 Å². The molecule has 27 heavy (non-hydrogen) atoms. The molecule has 2 N–H and O–H groups in total. The highest BCUT2D eigenvalue weighted by atomic mass is 16.2. The van der Waals surface area contributed by atoms with Gasteiger partial charge >= 0.3 is 6.03 Å². The highest BCUT2D eigenvalue weighted by Gasteiger charge is 2.54. The van der Waals surface area contributed by atoms with Crippen molar-refractivity contribution in [1.29, 1.82) is 0 Å². The zero-order chi connectivity index (χ0) is 19.1. The molecule has 0 aliphatic carbocycles. The highest BCUT2D eigenvalue weighted by Crippen LogP contribution is 2.32. The summed E-state index contributed by atoms with van der Waals surface area (Å²) in [6.45, 7) is 6.17. The molecule has 3 aliphatic rings. The molecule has 7 heteroatoms. The Morgan fingerprint density at radius 2 is 1.89 bits per heavy atom. The van der Waals surface area contributed by atoms with Crippen LogP contribution in [0.3, 0.4) is 0 Å². The summed E-state index contributed by atoms with van der Waals surface area (Å²) in [5.41, 5.74) is 2.51. The van der Waals surface area contributed by atoms with Gasteiger partial charge in [-0.05, 0) is 36.5 Å². The van der Waals surface area contributed by atoms with Crippen molar-refractivity contribution < 1.29 is 9.59 Å². The number of anilines is 1. The van der Waals surface area contributed by atoms with Gasteiger partial charge in [0, 0.05) is 25.8 Å². The topological polar surface area (TPSA) is 67.9 Å². The van der Waals surface area contributed by atoms with Gasteiger partial charge in [-0.25, -0.2) is 4.79 Å². The zero-order valence-electron chi connectivity index (χ0n) is 16.3. The predicted octanol–water partition coefficient (Wildman–Crippen LogP) is 1.55. The van der Waals surface area contributed by atoms with Crippen molar-refractivity contribution in [2.75, 3.05) is 25.0 Å². The number of unbranched alkanes of at least 4 members (excludes halogenated alkanes) is 1. The highest BCUT2D eigenvalue weighted by molar-refractivity contribution is 6.00. The Balaban J connectivity index is 1.59. The van der Waals surface area contributed by atoms with Crippen LogP contribution in [0.4, 0.5) is 10.5 Å². The first-order chi connectivity index (χ1) is 13.0. The maximum atomic E-state index is 12.5. The van der Waals surface area contributed by atoms with Crippen molar-refractivity contribution in [2.24, 2.45) is 5.92 Å². The predicted molar refractivity (Wildman–Crippen MR) is 104 cm³/mol. The molecule has 3 aliphatic heterocycles. The summed E-state index contributed by atoms with van der Waals surface area (Å²) in [5.74, 6) is 0.222. The summed E-state index contributed by atoms with van der Waals surface area (Å²) in [6.07, 6.45) is 3.13. The summed E-state index contributed by atoms with van der Waals surface area (Å²) in [6, 6.07) is 8.08. The Labute approximate surface area is 160 Å². The average molecular weight is 371 g/mol. The molecule has 1 aromatic rings. The van der Waals surface area contributed by atoms with E-state index in [4.69, 9.17) is 0 Å². The van der Waals surface area contributed by atoms with E-state index in [2.05, 4.69) is 58.5 Å². The maximum absolute atomic E-state index is 12.5. The third-order valence-corrected chi connectivity index (χ3v) is 5.94. The molecule has 4 rings (SSSR count). The standard InChI is InChI=1S/C20H29N5O2/c1-4-5-6-14-7-9-15(10-8-14)24-11-13(2)12-25-16-17(21-19(24)25)23(3)20(27)22-18(16)26/h7-10,13,16-17,19,21H,4-6,11-12H2,1-3H3,(H,22,26,27). The fraction of sp³-hybridized carbons (Fsp3) is 0.600. The van der Waals surface area contributed by atoms with Crippen molar-refractivity contribution in [3.63, 3.8) is 0 Å². The maximum Gasteiger partial charge on any atom is 0.325 e. The number of hydrogen-bond donors (Lipinski definition) is 2. The lowest BCUT2D eigenvalue weighted by Crippen LogP contribution is -2.65. The molecule has 3 amide bonds. The molecule has 4 unspecified atom stereocenters. The lowest BCUT2D eigenvalue weighted by molar-refractivity contribution is -0.128. The fourth-order valence-electron chi connectivity index (χ4n) is 4.50. The number of carbonyl (C=O) groups excluding carboxylic acids is 2. The normalized spacial score (nSPS) is 30.9. The van der Waals surface area contributed by atoms with Crippen LogP contribution in [0.1, 0.15) is 32.3 Å². The number of aryl methyl sites for hydroxylation is 1. The van der Waals surface area contributed by atoms with E-state index in [1.165, 1.54) is 18.4 Å². The van der Waals surface area contributed by atoms with Gasteiger partial charge in [-0.3, -0.25) is 20.3 Å². The molecule has 3 fully saturated rings. The minimum Gasteiger partial charge on any atom is -0.343 e. The van der Waals surface area contributed by atoms with Crippen molar-refractivity contribution in [2.45, 2.75) is 51.6 Å². The van der Waals surface area contributed by atoms with Gasteiger partial charge < -0.3 is 9.80 Å². The number of carbonyl (C=O) groups is 2. The van der Waals surface area contributed by atoms with Crippen molar-refractivity contribution >= 4 is 17.6 Å². The molecule has 4 atom stereocenters. The van der Waals surface area contributed by atoms with Gasteiger partial charge in [-0.15, -0.1) is 0 Å². The van der Waals surface area contributed by atoms with Crippen molar-refractivity contribution in [3.05, 3.63) is 29.8 Å². The smallest absolute Gasteiger partial charge is 0.325 e. The minimum atomic E-state index is -0.355. The summed E-state index contributed by atoms with van der Waals surface area (Å²) < 4.78 is 0. The molecule has 7 nitrogen and oxygen atoms in total. The van der Waals surface area contributed by atoms with Crippen LogP contribution >= 0.6 is 0 Å². The number of fused-ring (bicyclic) bond motifs is 3. The Kier molecular flexibility index (Phi) is 4.82. The van der Waals surface area contributed by atoms with Crippen LogP contribution in [0, 0.1) is 5.92 Å². The lowest BCUT2D eigenvalue weighted by Gasteiger charge is -2.45. The van der Waals surface area contributed by atoms with Crippen molar-refractivity contribution in [1.82, 2.24) is 20.4 Å². The number of nitrogens with zero attached hydrogens (tertiary/aromatic N) is 3. The van der Waals surface area contributed by atoms with E-state index in [1.807, 2.05) is 0 Å². The molecule has 0 bridgehead atoms. The second-order valence-electron chi connectivity index (χ2n) is 8.06.